The highest BCUT2D eigenvalue weighted by molar-refractivity contribution is 5.98. The summed E-state index contributed by atoms with van der Waals surface area (Å²) in [6.07, 6.45) is -0.485. The SMILES string of the molecule is CC(=O)CC(=O)CC(O)(CN=[N+]=[N-])c1ccccc1. The summed E-state index contributed by atoms with van der Waals surface area (Å²) >= 11 is 0. The Balaban J connectivity index is 2.96. The number of aliphatic hydroxyl groups is 1. The summed E-state index contributed by atoms with van der Waals surface area (Å²) < 4.78 is 0. The van der Waals surface area contributed by atoms with Crippen LogP contribution in [0.2, 0.25) is 0 Å². The third-order valence-electron chi connectivity index (χ3n) is 2.64. The summed E-state index contributed by atoms with van der Waals surface area (Å²) in [5.41, 5.74) is 7.28. The van der Waals surface area contributed by atoms with Crippen molar-refractivity contribution in [2.75, 3.05) is 6.54 Å². The number of ketones is 2. The molecule has 0 spiro atoms. The van der Waals surface area contributed by atoms with Crippen molar-refractivity contribution < 1.29 is 14.7 Å². The van der Waals surface area contributed by atoms with Gasteiger partial charge in [-0.2, -0.15) is 0 Å². The van der Waals surface area contributed by atoms with Crippen LogP contribution in [0.25, 0.3) is 10.4 Å². The van der Waals surface area contributed by atoms with Gasteiger partial charge in [0.25, 0.3) is 0 Å². The first-order chi connectivity index (χ1) is 8.98. The Kier molecular flexibility index (Phi) is 5.23. The van der Waals surface area contributed by atoms with Crippen LogP contribution in [0.4, 0.5) is 0 Å². The lowest BCUT2D eigenvalue weighted by atomic mass is 9.87. The van der Waals surface area contributed by atoms with Crippen LogP contribution in [0.5, 0.6) is 0 Å². The highest BCUT2D eigenvalue weighted by Gasteiger charge is 2.31. The molecule has 6 nitrogen and oxygen atoms in total. The third-order valence-corrected chi connectivity index (χ3v) is 2.64. The molecule has 1 N–H and O–H groups in total. The van der Waals surface area contributed by atoms with E-state index < -0.39 is 5.60 Å². The first kappa shape index (κ1) is 14.9. The fourth-order valence-corrected chi connectivity index (χ4v) is 1.81. The highest BCUT2D eigenvalue weighted by atomic mass is 16.3. The van der Waals surface area contributed by atoms with Crippen LogP contribution >= 0.6 is 0 Å². The van der Waals surface area contributed by atoms with Gasteiger partial charge in [-0.3, -0.25) is 9.59 Å². The molecule has 0 fully saturated rings. The first-order valence-corrected chi connectivity index (χ1v) is 5.78. The molecule has 0 saturated heterocycles. The van der Waals surface area contributed by atoms with Crippen molar-refractivity contribution in [3.8, 4) is 0 Å². The average Bonchev–Trinajstić information content (AvgIpc) is 2.36. The maximum absolute atomic E-state index is 11.7. The lowest BCUT2D eigenvalue weighted by Crippen LogP contribution is -2.32. The van der Waals surface area contributed by atoms with Crippen molar-refractivity contribution in [3.63, 3.8) is 0 Å². The first-order valence-electron chi connectivity index (χ1n) is 5.78. The molecule has 1 atom stereocenters. The monoisotopic (exact) mass is 261 g/mol. The lowest BCUT2D eigenvalue weighted by Gasteiger charge is -2.26. The summed E-state index contributed by atoms with van der Waals surface area (Å²) in [4.78, 5) is 25.2. The summed E-state index contributed by atoms with van der Waals surface area (Å²) in [6, 6.07) is 8.49. The molecule has 0 amide bonds. The molecule has 0 heterocycles. The molecule has 100 valence electrons. The van der Waals surface area contributed by atoms with Crippen molar-refractivity contribution in [1.82, 2.24) is 0 Å². The molecule has 1 rings (SSSR count). The van der Waals surface area contributed by atoms with Crippen LogP contribution in [0.15, 0.2) is 35.4 Å². The van der Waals surface area contributed by atoms with Crippen LogP contribution in [0.1, 0.15) is 25.3 Å². The molecular weight excluding hydrogens is 246 g/mol. The Hall–Kier alpha value is -2.17. The minimum Gasteiger partial charge on any atom is -0.385 e. The summed E-state index contributed by atoms with van der Waals surface area (Å²) in [7, 11) is 0. The summed E-state index contributed by atoms with van der Waals surface area (Å²) in [5, 5.41) is 13.8. The number of carbonyl (C=O) groups excluding carboxylic acids is 2. The fraction of sp³-hybridized carbons (Fsp3) is 0.385. The summed E-state index contributed by atoms with van der Waals surface area (Å²) in [5.74, 6) is -0.642. The Morgan fingerprint density at radius 2 is 2.00 bits per heavy atom. The molecule has 0 radical (unpaired) electrons. The third kappa shape index (κ3) is 4.54. The van der Waals surface area contributed by atoms with E-state index in [1.54, 1.807) is 30.3 Å². The van der Waals surface area contributed by atoms with Crippen LogP contribution in [0.3, 0.4) is 0 Å². The lowest BCUT2D eigenvalue weighted by molar-refractivity contribution is -0.129. The molecule has 6 heteroatoms. The number of carbonyl (C=O) groups is 2. The van der Waals surface area contributed by atoms with Gasteiger partial charge in [0.2, 0.25) is 0 Å². The van der Waals surface area contributed by atoms with Gasteiger partial charge < -0.3 is 5.11 Å². The van der Waals surface area contributed by atoms with E-state index in [2.05, 4.69) is 10.0 Å². The zero-order chi connectivity index (χ0) is 14.3. The van der Waals surface area contributed by atoms with E-state index >= 15 is 0 Å². The zero-order valence-corrected chi connectivity index (χ0v) is 10.6. The smallest absolute Gasteiger partial charge is 0.143 e. The molecule has 0 aliphatic carbocycles. The van der Waals surface area contributed by atoms with E-state index in [0.29, 0.717) is 5.56 Å². The van der Waals surface area contributed by atoms with Gasteiger partial charge in [-0.1, -0.05) is 35.4 Å². The second kappa shape index (κ2) is 6.68. The van der Waals surface area contributed by atoms with E-state index in [-0.39, 0.29) is 31.0 Å². The summed E-state index contributed by atoms with van der Waals surface area (Å²) in [6.45, 7) is 1.06. The Morgan fingerprint density at radius 3 is 2.53 bits per heavy atom. The molecule has 0 aromatic heterocycles. The minimum atomic E-state index is -1.57. The molecule has 0 aliphatic heterocycles. The van der Waals surface area contributed by atoms with Gasteiger partial charge >= 0.3 is 0 Å². The molecule has 0 saturated carbocycles. The fourth-order valence-electron chi connectivity index (χ4n) is 1.81. The quantitative estimate of drug-likeness (QED) is 0.352. The van der Waals surface area contributed by atoms with Gasteiger partial charge in [0.1, 0.15) is 17.2 Å². The number of azide groups is 1. The average molecular weight is 261 g/mol. The van der Waals surface area contributed by atoms with Crippen molar-refractivity contribution >= 4 is 11.6 Å². The van der Waals surface area contributed by atoms with Crippen LogP contribution < -0.4 is 0 Å². The molecule has 1 aromatic rings. The zero-order valence-electron chi connectivity index (χ0n) is 10.6. The molecule has 1 unspecified atom stereocenters. The topological polar surface area (TPSA) is 103 Å². The number of nitrogens with zero attached hydrogens (tertiary/aromatic N) is 3. The van der Waals surface area contributed by atoms with Gasteiger partial charge in [-0.15, -0.1) is 0 Å². The van der Waals surface area contributed by atoms with E-state index in [4.69, 9.17) is 5.53 Å². The molecular formula is C13H15N3O3. The highest BCUT2D eigenvalue weighted by Crippen LogP contribution is 2.26. The maximum Gasteiger partial charge on any atom is 0.143 e. The maximum atomic E-state index is 11.7. The van der Waals surface area contributed by atoms with Gasteiger partial charge in [-0.05, 0) is 18.0 Å². The largest absolute Gasteiger partial charge is 0.385 e. The van der Waals surface area contributed by atoms with Crippen molar-refractivity contribution in [3.05, 3.63) is 46.3 Å². The standard InChI is InChI=1S/C13H15N3O3/c1-10(17)7-12(18)8-13(19,9-15-16-14)11-5-3-2-4-6-11/h2-6,19H,7-9H2,1H3. The predicted octanol–water partition coefficient (Wildman–Crippen LogP) is 2.12. The number of hydrogen-bond donors (Lipinski definition) is 1. The Labute approximate surface area is 110 Å². The number of Topliss-reactive ketones (excluding diaryl/α,β-unsaturated/α-hetero) is 2. The molecule has 1 aromatic carbocycles. The number of benzene rings is 1. The number of rotatable bonds is 7. The van der Waals surface area contributed by atoms with Crippen LogP contribution in [-0.2, 0) is 15.2 Å². The van der Waals surface area contributed by atoms with E-state index in [9.17, 15) is 14.7 Å². The van der Waals surface area contributed by atoms with Gasteiger partial charge in [0.05, 0.1) is 13.0 Å². The van der Waals surface area contributed by atoms with E-state index in [1.807, 2.05) is 0 Å². The predicted molar refractivity (Wildman–Crippen MR) is 69.3 cm³/mol. The molecule has 19 heavy (non-hydrogen) atoms. The Morgan fingerprint density at radius 1 is 1.37 bits per heavy atom. The Bertz CT molecular complexity index is 509. The van der Waals surface area contributed by atoms with Crippen molar-refractivity contribution in [2.45, 2.75) is 25.4 Å². The molecule has 0 aliphatic rings. The second-order valence-corrected chi connectivity index (χ2v) is 4.38. The van der Waals surface area contributed by atoms with Gasteiger partial charge in [0.15, 0.2) is 0 Å². The van der Waals surface area contributed by atoms with Crippen molar-refractivity contribution in [1.29, 1.82) is 0 Å². The second-order valence-electron chi connectivity index (χ2n) is 4.38. The normalized spacial score (nSPS) is 13.2. The van der Waals surface area contributed by atoms with Gasteiger partial charge in [0, 0.05) is 11.3 Å². The van der Waals surface area contributed by atoms with Crippen molar-refractivity contribution in [2.24, 2.45) is 5.11 Å². The van der Waals surface area contributed by atoms with Gasteiger partial charge in [-0.25, -0.2) is 0 Å². The van der Waals surface area contributed by atoms with E-state index in [1.165, 1.54) is 6.92 Å². The minimum absolute atomic E-state index is 0.231. The van der Waals surface area contributed by atoms with Crippen LogP contribution in [-0.4, -0.2) is 23.2 Å². The molecule has 0 bridgehead atoms. The number of hydrogen-bond acceptors (Lipinski definition) is 4. The van der Waals surface area contributed by atoms with E-state index in [0.717, 1.165) is 0 Å². The van der Waals surface area contributed by atoms with Crippen LogP contribution in [0, 0.1) is 0 Å².